The van der Waals surface area contributed by atoms with Gasteiger partial charge in [-0.15, -0.1) is 0 Å². The Hall–Kier alpha value is -3.58. The van der Waals surface area contributed by atoms with Crippen molar-refractivity contribution in [3.8, 4) is 0 Å². The Morgan fingerprint density at radius 1 is 1.02 bits per heavy atom. The minimum absolute atomic E-state index is 0.0199. The summed E-state index contributed by atoms with van der Waals surface area (Å²) >= 11 is 0. The summed E-state index contributed by atoms with van der Waals surface area (Å²) in [4.78, 5) is 45.9. The quantitative estimate of drug-likeness (QED) is 0.300. The van der Waals surface area contributed by atoms with Crippen LogP contribution in [-0.4, -0.2) is 105 Å². The molecule has 0 saturated carbocycles. The summed E-state index contributed by atoms with van der Waals surface area (Å²) in [5, 5.41) is 11.6. The van der Waals surface area contributed by atoms with Crippen LogP contribution in [0.15, 0.2) is 59.0 Å². The number of carbonyl (C=O) groups is 3. The Balaban J connectivity index is 1.66. The van der Waals surface area contributed by atoms with Gasteiger partial charge in [-0.2, -0.15) is 4.31 Å². The normalized spacial score (nSPS) is 23.1. The predicted molar refractivity (Wildman–Crippen MR) is 147 cm³/mol. The van der Waals surface area contributed by atoms with Crippen LogP contribution in [0.1, 0.15) is 18.1 Å². The number of ether oxygens (including phenoxy) is 1. The highest BCUT2D eigenvalue weighted by Crippen LogP contribution is 2.53. The molecule has 40 heavy (non-hydrogen) atoms. The molecule has 1 spiro atoms. The van der Waals surface area contributed by atoms with Crippen LogP contribution in [-0.2, 0) is 34.7 Å². The van der Waals surface area contributed by atoms with E-state index in [1.807, 2.05) is 19.0 Å². The minimum atomic E-state index is -3.79. The standard InChI is InChI=1S/C28H32N4O7S/c1-4-31-22-8-6-5-7-21(22)28(27(31)36)23(25(34)26(35)32(28)14-13-29(2)3)24(33)19-9-11-20(12-10-19)40(37,38)30-15-17-39-18-16-30/h5-12,33H,4,13-18H2,1-3H3. The van der Waals surface area contributed by atoms with Gasteiger partial charge in [0.25, 0.3) is 17.6 Å². The molecule has 2 aromatic carbocycles. The van der Waals surface area contributed by atoms with E-state index in [9.17, 15) is 27.9 Å². The van der Waals surface area contributed by atoms with Crippen molar-refractivity contribution in [2.45, 2.75) is 17.4 Å². The molecule has 3 aliphatic rings. The molecule has 0 aromatic heterocycles. The molecule has 212 valence electrons. The lowest BCUT2D eigenvalue weighted by atomic mass is 9.82. The summed E-state index contributed by atoms with van der Waals surface area (Å²) < 4.78 is 32.7. The molecule has 2 fully saturated rings. The van der Waals surface area contributed by atoms with Gasteiger partial charge in [-0.3, -0.25) is 14.4 Å². The Labute approximate surface area is 233 Å². The lowest BCUT2D eigenvalue weighted by Crippen LogP contribution is -2.53. The molecule has 1 unspecified atom stereocenters. The first kappa shape index (κ1) is 28.0. The van der Waals surface area contributed by atoms with Crippen molar-refractivity contribution >= 4 is 39.1 Å². The lowest BCUT2D eigenvalue weighted by molar-refractivity contribution is -0.143. The number of Topliss-reactive ketones (excluding diaryl/α,β-unsaturated/α-hetero) is 1. The smallest absolute Gasteiger partial charge is 0.296 e. The molecule has 11 nitrogen and oxygen atoms in total. The molecular weight excluding hydrogens is 536 g/mol. The number of morpholine rings is 1. The number of amides is 2. The molecule has 5 rings (SSSR count). The van der Waals surface area contributed by atoms with Crippen LogP contribution in [0.4, 0.5) is 5.69 Å². The summed E-state index contributed by atoms with van der Waals surface area (Å²) in [7, 11) is -0.152. The molecule has 3 aliphatic heterocycles. The van der Waals surface area contributed by atoms with Crippen LogP contribution < -0.4 is 4.90 Å². The third-order valence-corrected chi connectivity index (χ3v) is 9.54. The van der Waals surface area contributed by atoms with Crippen molar-refractivity contribution in [2.24, 2.45) is 0 Å². The second-order valence-corrected chi connectivity index (χ2v) is 12.1. The molecule has 0 aliphatic carbocycles. The van der Waals surface area contributed by atoms with Gasteiger partial charge in [0.2, 0.25) is 10.0 Å². The zero-order valence-electron chi connectivity index (χ0n) is 22.7. The highest BCUT2D eigenvalue weighted by atomic mass is 32.2. The van der Waals surface area contributed by atoms with Crippen LogP contribution in [0, 0.1) is 0 Å². The number of likely N-dealkylation sites (tertiary alicyclic amines) is 1. The fraction of sp³-hybridized carbons (Fsp3) is 0.393. The fourth-order valence-corrected chi connectivity index (χ4v) is 7.05. The Kier molecular flexibility index (Phi) is 7.29. The van der Waals surface area contributed by atoms with Gasteiger partial charge in [0.15, 0.2) is 5.54 Å². The highest BCUT2D eigenvalue weighted by molar-refractivity contribution is 7.89. The number of anilines is 1. The number of benzene rings is 2. The van der Waals surface area contributed by atoms with E-state index < -0.39 is 38.9 Å². The number of carbonyl (C=O) groups excluding carboxylic acids is 3. The largest absolute Gasteiger partial charge is 0.507 e. The summed E-state index contributed by atoms with van der Waals surface area (Å²) in [5.41, 5.74) is -1.06. The van der Waals surface area contributed by atoms with Gasteiger partial charge in [-0.1, -0.05) is 18.2 Å². The maximum absolute atomic E-state index is 14.2. The molecule has 3 heterocycles. The van der Waals surface area contributed by atoms with Crippen LogP contribution in [0.5, 0.6) is 0 Å². The van der Waals surface area contributed by atoms with E-state index in [0.717, 1.165) is 0 Å². The van der Waals surface area contributed by atoms with Gasteiger partial charge in [0.1, 0.15) is 5.76 Å². The monoisotopic (exact) mass is 568 g/mol. The summed E-state index contributed by atoms with van der Waals surface area (Å²) in [6.07, 6.45) is 0. The molecule has 2 amide bonds. The van der Waals surface area contributed by atoms with Crippen LogP contribution >= 0.6 is 0 Å². The second-order valence-electron chi connectivity index (χ2n) is 10.1. The zero-order valence-corrected chi connectivity index (χ0v) is 23.5. The highest BCUT2D eigenvalue weighted by Gasteiger charge is 2.66. The number of sulfonamides is 1. The number of rotatable bonds is 7. The number of fused-ring (bicyclic) bond motifs is 2. The van der Waals surface area contributed by atoms with E-state index >= 15 is 0 Å². The predicted octanol–water partition coefficient (Wildman–Crippen LogP) is 1.21. The van der Waals surface area contributed by atoms with E-state index in [-0.39, 0.29) is 35.7 Å². The second kappa shape index (κ2) is 10.4. The molecule has 1 atom stereocenters. The third kappa shape index (κ3) is 4.14. The first-order valence-corrected chi connectivity index (χ1v) is 14.5. The maximum Gasteiger partial charge on any atom is 0.296 e. The summed E-state index contributed by atoms with van der Waals surface area (Å²) in [6.45, 7) is 3.62. The number of para-hydroxylation sites is 1. The number of aliphatic hydroxyl groups is 1. The minimum Gasteiger partial charge on any atom is -0.507 e. The van der Waals surface area contributed by atoms with E-state index in [4.69, 9.17) is 4.74 Å². The Morgan fingerprint density at radius 2 is 1.68 bits per heavy atom. The van der Waals surface area contributed by atoms with Crippen LogP contribution in [0.3, 0.4) is 0 Å². The molecule has 2 saturated heterocycles. The fourth-order valence-electron chi connectivity index (χ4n) is 5.65. The maximum atomic E-state index is 14.2. The first-order chi connectivity index (χ1) is 19.1. The van der Waals surface area contributed by atoms with Crippen LogP contribution in [0.25, 0.3) is 5.76 Å². The molecule has 0 radical (unpaired) electrons. The van der Waals surface area contributed by atoms with E-state index in [0.29, 0.717) is 37.6 Å². The SMILES string of the molecule is CCN1C(=O)C2(C(=C(O)c3ccc(S(=O)(=O)N4CCOCC4)cc3)C(=O)C(=O)N2CCN(C)C)c2ccccc21. The van der Waals surface area contributed by atoms with Gasteiger partial charge in [0.05, 0.1) is 29.4 Å². The zero-order chi connectivity index (χ0) is 28.8. The number of likely N-dealkylation sites (N-methyl/N-ethyl adjacent to an activating group) is 2. The summed E-state index contributed by atoms with van der Waals surface area (Å²) in [6, 6.07) is 12.4. The van der Waals surface area contributed by atoms with E-state index in [1.165, 1.54) is 38.4 Å². The number of aliphatic hydroxyl groups excluding tert-OH is 1. The topological polar surface area (TPSA) is 128 Å². The summed E-state index contributed by atoms with van der Waals surface area (Å²) in [5.74, 6) is -2.89. The van der Waals surface area contributed by atoms with Crippen LogP contribution in [0.2, 0.25) is 0 Å². The van der Waals surface area contributed by atoms with E-state index in [1.54, 1.807) is 31.2 Å². The molecule has 12 heteroatoms. The number of hydrogen-bond donors (Lipinski definition) is 1. The Bertz CT molecular complexity index is 1500. The molecule has 2 aromatic rings. The van der Waals surface area contributed by atoms with Crippen molar-refractivity contribution in [3.05, 3.63) is 65.2 Å². The first-order valence-electron chi connectivity index (χ1n) is 13.1. The van der Waals surface area contributed by atoms with Crippen molar-refractivity contribution < 1.29 is 32.6 Å². The van der Waals surface area contributed by atoms with Crippen molar-refractivity contribution in [1.82, 2.24) is 14.1 Å². The van der Waals surface area contributed by atoms with Crippen molar-refractivity contribution in [1.29, 1.82) is 0 Å². The van der Waals surface area contributed by atoms with E-state index in [2.05, 4.69) is 0 Å². The number of hydrogen-bond acceptors (Lipinski definition) is 8. The molecular formula is C28H32N4O7S. The average Bonchev–Trinajstić information content (AvgIpc) is 3.34. The van der Waals surface area contributed by atoms with Gasteiger partial charge >= 0.3 is 0 Å². The van der Waals surface area contributed by atoms with Crippen molar-refractivity contribution in [2.75, 3.05) is 64.9 Å². The number of nitrogens with zero attached hydrogens (tertiary/aromatic N) is 4. The van der Waals surface area contributed by atoms with Gasteiger partial charge in [-0.25, -0.2) is 8.42 Å². The van der Waals surface area contributed by atoms with Gasteiger partial charge in [-0.05, 0) is 51.4 Å². The average molecular weight is 569 g/mol. The molecule has 0 bridgehead atoms. The van der Waals surface area contributed by atoms with Crippen molar-refractivity contribution in [3.63, 3.8) is 0 Å². The third-order valence-electron chi connectivity index (χ3n) is 7.63. The van der Waals surface area contributed by atoms with Gasteiger partial charge in [0, 0.05) is 43.9 Å². The molecule has 1 N–H and O–H groups in total. The Morgan fingerprint density at radius 3 is 2.30 bits per heavy atom. The lowest BCUT2D eigenvalue weighted by Gasteiger charge is -2.35. The number of ketones is 1. The van der Waals surface area contributed by atoms with Gasteiger partial charge < -0.3 is 24.5 Å².